The van der Waals surface area contributed by atoms with E-state index in [0.717, 1.165) is 12.8 Å². The molecule has 0 aliphatic heterocycles. The molecule has 0 aliphatic rings. The van der Waals surface area contributed by atoms with Gasteiger partial charge in [-0.05, 0) is 38.8 Å². The summed E-state index contributed by atoms with van der Waals surface area (Å²) in [5.41, 5.74) is 0.465. The van der Waals surface area contributed by atoms with Crippen LogP contribution in [-0.2, 0) is 4.74 Å². The van der Waals surface area contributed by atoms with Crippen LogP contribution in [0.3, 0.4) is 0 Å². The average Bonchev–Trinajstić information content (AvgIpc) is 2.41. The molecule has 1 rings (SSSR count). The van der Waals surface area contributed by atoms with Crippen molar-refractivity contribution in [3.8, 4) is 5.75 Å². The first-order chi connectivity index (χ1) is 9.56. The SMILES string of the molecule is COc1cccc(NCCCCOC(C)C)c1[N+](=O)[O-]. The largest absolute Gasteiger partial charge is 0.490 e. The minimum absolute atomic E-state index is 0.0200. The molecule has 0 fully saturated rings. The van der Waals surface area contributed by atoms with Crippen molar-refractivity contribution in [2.45, 2.75) is 32.8 Å². The molecule has 0 heterocycles. The fourth-order valence-corrected chi connectivity index (χ4v) is 1.79. The Kier molecular flexibility index (Phi) is 6.79. The smallest absolute Gasteiger partial charge is 0.333 e. The Hall–Kier alpha value is -1.82. The summed E-state index contributed by atoms with van der Waals surface area (Å²) >= 11 is 0. The molecule has 0 atom stereocenters. The van der Waals surface area contributed by atoms with Gasteiger partial charge < -0.3 is 14.8 Å². The number of nitrogens with zero attached hydrogens (tertiary/aromatic N) is 1. The van der Waals surface area contributed by atoms with Gasteiger partial charge in [-0.1, -0.05) is 6.07 Å². The Bertz CT molecular complexity index is 435. The summed E-state index contributed by atoms with van der Waals surface area (Å²) in [6.07, 6.45) is 2.05. The number of rotatable bonds is 9. The monoisotopic (exact) mass is 282 g/mol. The zero-order valence-corrected chi connectivity index (χ0v) is 12.2. The predicted molar refractivity (Wildman–Crippen MR) is 78.5 cm³/mol. The van der Waals surface area contributed by atoms with E-state index in [2.05, 4.69) is 5.32 Å². The number of hydrogen-bond acceptors (Lipinski definition) is 5. The van der Waals surface area contributed by atoms with Gasteiger partial charge in [0.25, 0.3) is 0 Å². The summed E-state index contributed by atoms with van der Waals surface area (Å²) in [5, 5.41) is 14.2. The Morgan fingerprint density at radius 1 is 1.35 bits per heavy atom. The summed E-state index contributed by atoms with van der Waals surface area (Å²) in [5.74, 6) is 0.267. The van der Waals surface area contributed by atoms with Gasteiger partial charge in [-0.25, -0.2) is 0 Å². The third-order valence-corrected chi connectivity index (χ3v) is 2.74. The summed E-state index contributed by atoms with van der Waals surface area (Å²) in [4.78, 5) is 10.6. The number of nitro groups is 1. The minimum Gasteiger partial charge on any atom is -0.490 e. The van der Waals surface area contributed by atoms with Crippen molar-refractivity contribution in [3.63, 3.8) is 0 Å². The first-order valence-electron chi connectivity index (χ1n) is 6.73. The molecule has 20 heavy (non-hydrogen) atoms. The molecule has 0 aromatic heterocycles. The third-order valence-electron chi connectivity index (χ3n) is 2.74. The molecule has 0 unspecified atom stereocenters. The van der Waals surface area contributed by atoms with Crippen LogP contribution in [0.5, 0.6) is 5.75 Å². The molecule has 6 heteroatoms. The number of para-hydroxylation sites is 1. The topological polar surface area (TPSA) is 73.6 Å². The number of anilines is 1. The highest BCUT2D eigenvalue weighted by Crippen LogP contribution is 2.34. The molecule has 1 N–H and O–H groups in total. The molecule has 0 saturated carbocycles. The van der Waals surface area contributed by atoms with E-state index in [1.54, 1.807) is 18.2 Å². The molecular weight excluding hydrogens is 260 g/mol. The first-order valence-corrected chi connectivity index (χ1v) is 6.73. The summed E-state index contributed by atoms with van der Waals surface area (Å²) in [7, 11) is 1.43. The van der Waals surface area contributed by atoms with Gasteiger partial charge in [-0.3, -0.25) is 10.1 Å². The van der Waals surface area contributed by atoms with Gasteiger partial charge in [0.15, 0.2) is 5.75 Å². The Labute approximate surface area is 119 Å². The number of methoxy groups -OCH3 is 1. The van der Waals surface area contributed by atoms with Crippen LogP contribution in [0.25, 0.3) is 0 Å². The third kappa shape index (κ3) is 5.05. The van der Waals surface area contributed by atoms with Crippen molar-refractivity contribution < 1.29 is 14.4 Å². The van der Waals surface area contributed by atoms with Crippen molar-refractivity contribution in [3.05, 3.63) is 28.3 Å². The fourth-order valence-electron chi connectivity index (χ4n) is 1.79. The van der Waals surface area contributed by atoms with E-state index in [0.29, 0.717) is 18.8 Å². The highest BCUT2D eigenvalue weighted by atomic mass is 16.6. The number of hydrogen-bond donors (Lipinski definition) is 1. The van der Waals surface area contributed by atoms with Gasteiger partial charge in [0.1, 0.15) is 5.69 Å². The number of ether oxygens (including phenoxy) is 2. The van der Waals surface area contributed by atoms with E-state index < -0.39 is 4.92 Å². The molecule has 112 valence electrons. The van der Waals surface area contributed by atoms with Gasteiger partial charge in [-0.2, -0.15) is 0 Å². The zero-order chi connectivity index (χ0) is 15.0. The first kappa shape index (κ1) is 16.2. The van der Waals surface area contributed by atoms with Crippen LogP contribution in [0.1, 0.15) is 26.7 Å². The van der Waals surface area contributed by atoms with Gasteiger partial charge in [0.05, 0.1) is 18.1 Å². The lowest BCUT2D eigenvalue weighted by molar-refractivity contribution is -0.384. The molecule has 0 saturated heterocycles. The highest BCUT2D eigenvalue weighted by Gasteiger charge is 2.19. The molecular formula is C14H22N2O4. The van der Waals surface area contributed by atoms with Crippen LogP contribution in [0.4, 0.5) is 11.4 Å². The maximum absolute atomic E-state index is 11.1. The van der Waals surface area contributed by atoms with Crippen LogP contribution in [0, 0.1) is 10.1 Å². The Balaban J connectivity index is 2.49. The van der Waals surface area contributed by atoms with Crippen LogP contribution in [0.2, 0.25) is 0 Å². The molecule has 0 amide bonds. The Morgan fingerprint density at radius 2 is 2.10 bits per heavy atom. The van der Waals surface area contributed by atoms with Crippen LogP contribution >= 0.6 is 0 Å². The number of nitrogens with one attached hydrogen (secondary N) is 1. The van der Waals surface area contributed by atoms with E-state index in [1.165, 1.54) is 7.11 Å². The molecule has 0 bridgehead atoms. The van der Waals surface area contributed by atoms with Gasteiger partial charge in [0.2, 0.25) is 0 Å². The molecule has 6 nitrogen and oxygen atoms in total. The van der Waals surface area contributed by atoms with Crippen LogP contribution < -0.4 is 10.1 Å². The second-order valence-corrected chi connectivity index (χ2v) is 4.67. The van der Waals surface area contributed by atoms with E-state index >= 15 is 0 Å². The maximum Gasteiger partial charge on any atom is 0.333 e. The van der Waals surface area contributed by atoms with Crippen LogP contribution in [0.15, 0.2) is 18.2 Å². The van der Waals surface area contributed by atoms with Crippen LogP contribution in [-0.4, -0.2) is 31.3 Å². The molecule has 1 aromatic carbocycles. The van der Waals surface area contributed by atoms with E-state index in [1.807, 2.05) is 13.8 Å². The Morgan fingerprint density at radius 3 is 2.70 bits per heavy atom. The summed E-state index contributed by atoms with van der Waals surface area (Å²) in [6, 6.07) is 5.00. The normalized spacial score (nSPS) is 10.6. The van der Waals surface area contributed by atoms with E-state index in [4.69, 9.17) is 9.47 Å². The van der Waals surface area contributed by atoms with E-state index in [-0.39, 0.29) is 17.5 Å². The minimum atomic E-state index is -0.428. The zero-order valence-electron chi connectivity index (χ0n) is 12.2. The lowest BCUT2D eigenvalue weighted by atomic mass is 10.2. The van der Waals surface area contributed by atoms with Crippen molar-refractivity contribution in [1.82, 2.24) is 0 Å². The standard InChI is InChI=1S/C14H22N2O4/c1-11(2)20-10-5-4-9-15-12-7-6-8-13(19-3)14(12)16(17)18/h6-8,11,15H,4-5,9-10H2,1-3H3. The summed E-state index contributed by atoms with van der Waals surface area (Å²) < 4.78 is 10.5. The molecule has 0 spiro atoms. The fraction of sp³-hybridized carbons (Fsp3) is 0.571. The van der Waals surface area contributed by atoms with Gasteiger partial charge >= 0.3 is 5.69 Å². The van der Waals surface area contributed by atoms with Crippen molar-refractivity contribution in [2.75, 3.05) is 25.6 Å². The average molecular weight is 282 g/mol. The van der Waals surface area contributed by atoms with E-state index in [9.17, 15) is 10.1 Å². The molecule has 0 aliphatic carbocycles. The molecule has 0 radical (unpaired) electrons. The maximum atomic E-state index is 11.1. The summed E-state index contributed by atoms with van der Waals surface area (Å²) in [6.45, 7) is 5.37. The van der Waals surface area contributed by atoms with Crippen molar-refractivity contribution >= 4 is 11.4 Å². The second kappa shape index (κ2) is 8.37. The molecule has 1 aromatic rings. The van der Waals surface area contributed by atoms with Gasteiger partial charge in [0, 0.05) is 13.2 Å². The predicted octanol–water partition coefficient (Wildman–Crippen LogP) is 3.22. The van der Waals surface area contributed by atoms with Crippen molar-refractivity contribution in [2.24, 2.45) is 0 Å². The lowest BCUT2D eigenvalue weighted by Gasteiger charge is -2.10. The highest BCUT2D eigenvalue weighted by molar-refractivity contribution is 5.68. The quantitative estimate of drug-likeness (QED) is 0.427. The van der Waals surface area contributed by atoms with Crippen molar-refractivity contribution in [1.29, 1.82) is 0 Å². The second-order valence-electron chi connectivity index (χ2n) is 4.67. The number of unbranched alkanes of at least 4 members (excludes halogenated alkanes) is 1. The lowest BCUT2D eigenvalue weighted by Crippen LogP contribution is -2.08. The number of benzene rings is 1. The number of nitro benzene ring substituents is 1. The van der Waals surface area contributed by atoms with Gasteiger partial charge in [-0.15, -0.1) is 0 Å².